The van der Waals surface area contributed by atoms with E-state index in [1.54, 1.807) is 0 Å². The number of hydrogen-bond acceptors (Lipinski definition) is 4. The van der Waals surface area contributed by atoms with Crippen molar-refractivity contribution in [3.8, 4) is 0 Å². The summed E-state index contributed by atoms with van der Waals surface area (Å²) in [5, 5.41) is 12.6. The molecule has 0 amide bonds. The predicted octanol–water partition coefficient (Wildman–Crippen LogP) is -0.610. The van der Waals surface area contributed by atoms with Gasteiger partial charge in [0.2, 0.25) is 0 Å². The summed E-state index contributed by atoms with van der Waals surface area (Å²) in [4.78, 5) is 0. The monoisotopic (exact) mass is 219 g/mol. The molecule has 82 valence electrons. The van der Waals surface area contributed by atoms with E-state index >= 15 is 0 Å². The first-order valence-electron chi connectivity index (χ1n) is 5.10. The van der Waals surface area contributed by atoms with Crippen molar-refractivity contribution in [2.75, 3.05) is 18.1 Å². The Morgan fingerprint density at radius 3 is 2.50 bits per heavy atom. The Bertz CT molecular complexity index is 314. The molecule has 4 atom stereocenters. The maximum atomic E-state index is 11.2. The van der Waals surface area contributed by atoms with Gasteiger partial charge < -0.3 is 10.4 Å². The molecule has 1 aliphatic carbocycles. The smallest absolute Gasteiger partial charge is 0.154 e. The van der Waals surface area contributed by atoms with Crippen LogP contribution >= 0.6 is 0 Å². The SMILES string of the molecule is CC1CC1CNC1CS(=O)(=O)CC1O. The van der Waals surface area contributed by atoms with Crippen molar-refractivity contribution in [3.05, 3.63) is 0 Å². The largest absolute Gasteiger partial charge is 0.390 e. The molecule has 0 aromatic heterocycles. The van der Waals surface area contributed by atoms with Crippen molar-refractivity contribution in [3.63, 3.8) is 0 Å². The van der Waals surface area contributed by atoms with Gasteiger partial charge in [-0.1, -0.05) is 6.92 Å². The summed E-state index contributed by atoms with van der Waals surface area (Å²) in [6, 6.07) is -0.243. The van der Waals surface area contributed by atoms with Crippen LogP contribution in [0, 0.1) is 11.8 Å². The first-order valence-corrected chi connectivity index (χ1v) is 6.92. The van der Waals surface area contributed by atoms with Gasteiger partial charge in [0.05, 0.1) is 17.6 Å². The first-order chi connectivity index (χ1) is 6.48. The zero-order chi connectivity index (χ0) is 10.3. The number of aliphatic hydroxyl groups excluding tert-OH is 1. The average molecular weight is 219 g/mol. The van der Waals surface area contributed by atoms with E-state index in [1.165, 1.54) is 6.42 Å². The topological polar surface area (TPSA) is 66.4 Å². The second-order valence-corrected chi connectivity index (χ2v) is 6.79. The van der Waals surface area contributed by atoms with E-state index in [-0.39, 0.29) is 17.5 Å². The fourth-order valence-electron chi connectivity index (χ4n) is 2.01. The number of aliphatic hydroxyl groups is 1. The molecule has 0 aromatic carbocycles. The lowest BCUT2D eigenvalue weighted by atomic mass is 10.2. The van der Waals surface area contributed by atoms with Crippen LogP contribution in [-0.2, 0) is 9.84 Å². The minimum atomic E-state index is -3.00. The van der Waals surface area contributed by atoms with Crippen LogP contribution in [0.3, 0.4) is 0 Å². The van der Waals surface area contributed by atoms with Gasteiger partial charge >= 0.3 is 0 Å². The Kier molecular flexibility index (Phi) is 2.57. The highest BCUT2D eigenvalue weighted by atomic mass is 32.2. The van der Waals surface area contributed by atoms with E-state index in [1.807, 2.05) is 0 Å². The van der Waals surface area contributed by atoms with Crippen molar-refractivity contribution in [1.82, 2.24) is 5.32 Å². The third-order valence-corrected chi connectivity index (χ3v) is 4.96. The molecule has 5 heteroatoms. The molecule has 2 fully saturated rings. The van der Waals surface area contributed by atoms with Crippen molar-refractivity contribution in [1.29, 1.82) is 0 Å². The Morgan fingerprint density at radius 1 is 1.43 bits per heavy atom. The van der Waals surface area contributed by atoms with Crippen LogP contribution in [0.25, 0.3) is 0 Å². The lowest BCUT2D eigenvalue weighted by Crippen LogP contribution is -2.40. The van der Waals surface area contributed by atoms with E-state index in [4.69, 9.17) is 0 Å². The second kappa shape index (κ2) is 3.47. The molecule has 4 nitrogen and oxygen atoms in total. The summed E-state index contributed by atoms with van der Waals surface area (Å²) in [7, 11) is -3.00. The summed E-state index contributed by atoms with van der Waals surface area (Å²) in [5.74, 6) is 1.46. The Labute approximate surface area is 84.6 Å². The fourth-order valence-corrected chi connectivity index (χ4v) is 3.79. The zero-order valence-electron chi connectivity index (χ0n) is 8.31. The minimum absolute atomic E-state index is 0.0785. The average Bonchev–Trinajstić information content (AvgIpc) is 2.67. The molecule has 0 aromatic rings. The Morgan fingerprint density at radius 2 is 2.07 bits per heavy atom. The number of rotatable bonds is 3. The Hall–Kier alpha value is -0.130. The third-order valence-electron chi connectivity index (χ3n) is 3.24. The van der Waals surface area contributed by atoms with Crippen molar-refractivity contribution < 1.29 is 13.5 Å². The van der Waals surface area contributed by atoms with Gasteiger partial charge in [0, 0.05) is 6.04 Å². The van der Waals surface area contributed by atoms with Crippen LogP contribution in [-0.4, -0.2) is 43.7 Å². The molecule has 2 rings (SSSR count). The standard InChI is InChI=1S/C9H17NO3S/c1-6-2-7(6)3-10-8-4-14(12,13)5-9(8)11/h6-11H,2-5H2,1H3. The number of sulfone groups is 1. The van der Waals surface area contributed by atoms with Gasteiger partial charge in [-0.15, -0.1) is 0 Å². The molecule has 0 spiro atoms. The van der Waals surface area contributed by atoms with Crippen LogP contribution in [0.5, 0.6) is 0 Å². The molecule has 2 N–H and O–H groups in total. The number of nitrogens with one attached hydrogen (secondary N) is 1. The summed E-state index contributed by atoms with van der Waals surface area (Å²) >= 11 is 0. The molecule has 1 saturated carbocycles. The van der Waals surface area contributed by atoms with E-state index in [0.29, 0.717) is 5.92 Å². The highest BCUT2D eigenvalue weighted by molar-refractivity contribution is 7.91. The second-order valence-electron chi connectivity index (χ2n) is 4.63. The van der Waals surface area contributed by atoms with E-state index in [2.05, 4.69) is 12.2 Å². The first kappa shape index (κ1) is 10.4. The van der Waals surface area contributed by atoms with Crippen LogP contribution < -0.4 is 5.32 Å². The highest BCUT2D eigenvalue weighted by Crippen LogP contribution is 2.37. The molecular weight excluding hydrogens is 202 g/mol. The maximum Gasteiger partial charge on any atom is 0.154 e. The van der Waals surface area contributed by atoms with Gasteiger partial charge in [0.25, 0.3) is 0 Å². The van der Waals surface area contributed by atoms with Gasteiger partial charge in [-0.2, -0.15) is 0 Å². The molecule has 0 bridgehead atoms. The van der Waals surface area contributed by atoms with Gasteiger partial charge in [-0.05, 0) is 24.8 Å². The van der Waals surface area contributed by atoms with Gasteiger partial charge in [-0.25, -0.2) is 8.42 Å². The predicted molar refractivity (Wildman–Crippen MR) is 53.7 cm³/mol. The normalized spacial score (nSPS) is 45.3. The molecule has 14 heavy (non-hydrogen) atoms. The van der Waals surface area contributed by atoms with Crippen LogP contribution in [0.15, 0.2) is 0 Å². The molecule has 2 aliphatic rings. The van der Waals surface area contributed by atoms with E-state index in [0.717, 1.165) is 12.5 Å². The van der Waals surface area contributed by atoms with E-state index in [9.17, 15) is 13.5 Å². The van der Waals surface area contributed by atoms with Gasteiger partial charge in [0.1, 0.15) is 0 Å². The quantitative estimate of drug-likeness (QED) is 0.664. The molecule has 1 heterocycles. The molecular formula is C9H17NO3S. The molecule has 1 saturated heterocycles. The fraction of sp³-hybridized carbons (Fsp3) is 1.00. The molecule has 4 unspecified atom stereocenters. The van der Waals surface area contributed by atoms with Crippen molar-refractivity contribution in [2.24, 2.45) is 11.8 Å². The van der Waals surface area contributed by atoms with Crippen LogP contribution in [0.4, 0.5) is 0 Å². The summed E-state index contributed by atoms with van der Waals surface area (Å²) in [5.41, 5.74) is 0. The maximum absolute atomic E-state index is 11.2. The van der Waals surface area contributed by atoms with Crippen molar-refractivity contribution >= 4 is 9.84 Å². The summed E-state index contributed by atoms with van der Waals surface area (Å²) in [6.45, 7) is 3.03. The van der Waals surface area contributed by atoms with Gasteiger partial charge in [0.15, 0.2) is 9.84 Å². The lowest BCUT2D eigenvalue weighted by Gasteiger charge is -2.14. The lowest BCUT2D eigenvalue weighted by molar-refractivity contribution is 0.165. The van der Waals surface area contributed by atoms with Crippen LogP contribution in [0.1, 0.15) is 13.3 Å². The zero-order valence-corrected chi connectivity index (χ0v) is 9.13. The third kappa shape index (κ3) is 2.27. The summed E-state index contributed by atoms with van der Waals surface area (Å²) in [6.07, 6.45) is 0.511. The molecule has 1 aliphatic heterocycles. The Balaban J connectivity index is 1.81. The number of hydrogen-bond donors (Lipinski definition) is 2. The van der Waals surface area contributed by atoms with Gasteiger partial charge in [-0.3, -0.25) is 0 Å². The highest BCUT2D eigenvalue weighted by Gasteiger charge is 2.38. The van der Waals surface area contributed by atoms with Crippen LogP contribution in [0.2, 0.25) is 0 Å². The summed E-state index contributed by atoms with van der Waals surface area (Å²) < 4.78 is 22.4. The van der Waals surface area contributed by atoms with E-state index < -0.39 is 15.9 Å². The minimum Gasteiger partial charge on any atom is -0.390 e. The molecule has 0 radical (unpaired) electrons. The van der Waals surface area contributed by atoms with Crippen molar-refractivity contribution in [2.45, 2.75) is 25.5 Å².